The molecule has 4 heteroatoms. The number of carbonyl (C=O) groups excluding carboxylic acids is 1. The lowest BCUT2D eigenvalue weighted by Gasteiger charge is -2.07. The van der Waals surface area contributed by atoms with Crippen molar-refractivity contribution in [3.05, 3.63) is 29.6 Å². The average molecular weight is 277 g/mol. The first kappa shape index (κ1) is 11.7. The van der Waals surface area contributed by atoms with E-state index in [1.54, 1.807) is 6.07 Å². The summed E-state index contributed by atoms with van der Waals surface area (Å²) in [6.07, 6.45) is 3.33. The summed E-state index contributed by atoms with van der Waals surface area (Å²) in [5.41, 5.74) is 0.993. The van der Waals surface area contributed by atoms with Gasteiger partial charge in [-0.1, -0.05) is 22.0 Å². The molecule has 1 aromatic rings. The summed E-state index contributed by atoms with van der Waals surface area (Å²) >= 11 is 4.71. The molecule has 0 fully saturated rings. The number of aldehydes is 1. The maximum absolute atomic E-state index is 12.9. The van der Waals surface area contributed by atoms with E-state index in [2.05, 4.69) is 15.9 Å². The van der Waals surface area contributed by atoms with Gasteiger partial charge < -0.3 is 4.79 Å². The second-order valence-corrected chi connectivity index (χ2v) is 4.84. The van der Waals surface area contributed by atoms with Crippen LogP contribution in [0.2, 0.25) is 0 Å². The number of carbonyl (C=O) groups is 1. The summed E-state index contributed by atoms with van der Waals surface area (Å²) in [5, 5.41) is 0. The number of rotatable bonds is 4. The van der Waals surface area contributed by atoms with E-state index in [4.69, 9.17) is 0 Å². The zero-order valence-corrected chi connectivity index (χ0v) is 10.1. The molecular weight excluding hydrogens is 267 g/mol. The van der Waals surface area contributed by atoms with E-state index in [1.165, 1.54) is 23.9 Å². The Morgan fingerprint density at radius 2 is 2.36 bits per heavy atom. The Bertz CT molecular complexity index is 330. The van der Waals surface area contributed by atoms with Crippen LogP contribution in [0.1, 0.15) is 5.56 Å². The molecule has 14 heavy (non-hydrogen) atoms. The number of alkyl halides is 1. The van der Waals surface area contributed by atoms with Gasteiger partial charge in [0.25, 0.3) is 0 Å². The second kappa shape index (κ2) is 5.51. The Balaban J connectivity index is 2.90. The normalized spacial score (nSPS) is 12.5. The maximum Gasteiger partial charge on any atom is 0.133 e. The van der Waals surface area contributed by atoms with E-state index in [1.807, 2.05) is 6.26 Å². The molecule has 0 saturated carbocycles. The first-order valence-corrected chi connectivity index (χ1v) is 6.23. The molecule has 0 aliphatic carbocycles. The van der Waals surface area contributed by atoms with E-state index in [0.717, 1.165) is 16.7 Å². The van der Waals surface area contributed by atoms with Crippen LogP contribution in [0, 0.1) is 5.82 Å². The SMILES string of the molecule is CSc1cc(F)ccc1CC(Br)C=O. The molecule has 0 spiro atoms. The lowest BCUT2D eigenvalue weighted by molar-refractivity contribution is -0.107. The highest BCUT2D eigenvalue weighted by atomic mass is 79.9. The van der Waals surface area contributed by atoms with E-state index in [-0.39, 0.29) is 10.6 Å². The predicted octanol–water partition coefficient (Wildman–Crippen LogP) is 3.05. The summed E-state index contributed by atoms with van der Waals surface area (Å²) in [6.45, 7) is 0. The minimum Gasteiger partial charge on any atom is -0.302 e. The minimum atomic E-state index is -0.240. The van der Waals surface area contributed by atoms with Crippen molar-refractivity contribution in [2.24, 2.45) is 0 Å². The number of benzene rings is 1. The van der Waals surface area contributed by atoms with Crippen molar-refractivity contribution in [1.82, 2.24) is 0 Å². The van der Waals surface area contributed by atoms with E-state index < -0.39 is 0 Å². The standard InChI is InChI=1S/C10H10BrFOS/c1-14-10-5-9(12)3-2-7(10)4-8(11)6-13/h2-3,5-6,8H,4H2,1H3. The molecule has 1 aromatic carbocycles. The van der Waals surface area contributed by atoms with Crippen molar-refractivity contribution < 1.29 is 9.18 Å². The minimum absolute atomic E-state index is 0.195. The van der Waals surface area contributed by atoms with Crippen LogP contribution in [-0.2, 0) is 11.2 Å². The highest BCUT2D eigenvalue weighted by Crippen LogP contribution is 2.23. The molecule has 0 aliphatic rings. The van der Waals surface area contributed by atoms with E-state index in [0.29, 0.717) is 6.42 Å². The highest BCUT2D eigenvalue weighted by molar-refractivity contribution is 9.09. The Morgan fingerprint density at radius 1 is 1.64 bits per heavy atom. The maximum atomic E-state index is 12.9. The molecule has 0 saturated heterocycles. The van der Waals surface area contributed by atoms with Crippen molar-refractivity contribution >= 4 is 34.0 Å². The van der Waals surface area contributed by atoms with Crippen LogP contribution in [0.15, 0.2) is 23.1 Å². The average Bonchev–Trinajstić information content (AvgIpc) is 2.20. The molecule has 1 unspecified atom stereocenters. The molecule has 0 aliphatic heterocycles. The van der Waals surface area contributed by atoms with Crippen LogP contribution in [-0.4, -0.2) is 17.4 Å². The van der Waals surface area contributed by atoms with Crippen molar-refractivity contribution in [2.75, 3.05) is 6.26 Å². The van der Waals surface area contributed by atoms with Gasteiger partial charge in [0.15, 0.2) is 0 Å². The van der Waals surface area contributed by atoms with E-state index in [9.17, 15) is 9.18 Å². The monoisotopic (exact) mass is 276 g/mol. The topological polar surface area (TPSA) is 17.1 Å². The largest absolute Gasteiger partial charge is 0.302 e. The first-order valence-electron chi connectivity index (χ1n) is 4.09. The fraction of sp³-hybridized carbons (Fsp3) is 0.300. The van der Waals surface area contributed by atoms with Gasteiger partial charge in [0, 0.05) is 4.90 Å². The Labute approximate surface area is 95.2 Å². The zero-order valence-electron chi connectivity index (χ0n) is 7.67. The Kier molecular flexibility index (Phi) is 4.62. The lowest BCUT2D eigenvalue weighted by Crippen LogP contribution is -2.04. The number of halogens is 2. The predicted molar refractivity (Wildman–Crippen MR) is 60.7 cm³/mol. The van der Waals surface area contributed by atoms with Crippen LogP contribution in [0.25, 0.3) is 0 Å². The quantitative estimate of drug-likeness (QED) is 0.478. The molecule has 76 valence electrons. The second-order valence-electron chi connectivity index (χ2n) is 2.81. The zero-order chi connectivity index (χ0) is 10.6. The van der Waals surface area contributed by atoms with Crippen LogP contribution in [0.5, 0.6) is 0 Å². The van der Waals surface area contributed by atoms with Gasteiger partial charge >= 0.3 is 0 Å². The summed E-state index contributed by atoms with van der Waals surface area (Å²) in [4.78, 5) is 11.1. The van der Waals surface area contributed by atoms with Gasteiger partial charge in [0.2, 0.25) is 0 Å². The molecular formula is C10H10BrFOS. The van der Waals surface area contributed by atoms with Crippen LogP contribution < -0.4 is 0 Å². The molecule has 0 bridgehead atoms. The molecule has 0 N–H and O–H groups in total. The van der Waals surface area contributed by atoms with Crippen molar-refractivity contribution in [3.63, 3.8) is 0 Å². The third kappa shape index (κ3) is 3.10. The fourth-order valence-electron chi connectivity index (χ4n) is 1.15. The number of hydrogen-bond acceptors (Lipinski definition) is 2. The third-order valence-electron chi connectivity index (χ3n) is 1.81. The molecule has 0 aromatic heterocycles. The van der Waals surface area contributed by atoms with Crippen LogP contribution >= 0.6 is 27.7 Å². The van der Waals surface area contributed by atoms with Gasteiger partial charge in [-0.2, -0.15) is 0 Å². The summed E-state index contributed by atoms with van der Waals surface area (Å²) < 4.78 is 12.9. The van der Waals surface area contributed by atoms with Crippen molar-refractivity contribution in [3.8, 4) is 0 Å². The lowest BCUT2D eigenvalue weighted by atomic mass is 10.1. The van der Waals surface area contributed by atoms with Crippen molar-refractivity contribution in [2.45, 2.75) is 16.1 Å². The molecule has 0 radical (unpaired) electrons. The molecule has 0 heterocycles. The van der Waals surface area contributed by atoms with Gasteiger partial charge in [0.05, 0.1) is 4.83 Å². The van der Waals surface area contributed by atoms with Gasteiger partial charge in [-0.05, 0) is 30.4 Å². The highest BCUT2D eigenvalue weighted by Gasteiger charge is 2.08. The number of hydrogen-bond donors (Lipinski definition) is 0. The number of thioether (sulfide) groups is 1. The van der Waals surface area contributed by atoms with E-state index >= 15 is 0 Å². The Morgan fingerprint density at radius 3 is 2.93 bits per heavy atom. The third-order valence-corrected chi connectivity index (χ3v) is 3.17. The van der Waals surface area contributed by atoms with Crippen LogP contribution in [0.3, 0.4) is 0 Å². The summed E-state index contributed by atoms with van der Waals surface area (Å²) in [6, 6.07) is 4.63. The summed E-state index contributed by atoms with van der Waals surface area (Å²) in [7, 11) is 0. The van der Waals surface area contributed by atoms with Gasteiger partial charge in [0.1, 0.15) is 12.1 Å². The molecule has 1 atom stereocenters. The molecule has 0 amide bonds. The van der Waals surface area contributed by atoms with Gasteiger partial charge in [-0.3, -0.25) is 0 Å². The molecule has 1 nitrogen and oxygen atoms in total. The summed E-state index contributed by atoms with van der Waals surface area (Å²) in [5.74, 6) is -0.240. The van der Waals surface area contributed by atoms with Gasteiger partial charge in [-0.25, -0.2) is 4.39 Å². The van der Waals surface area contributed by atoms with Crippen LogP contribution in [0.4, 0.5) is 4.39 Å². The molecule has 1 rings (SSSR count). The Hall–Kier alpha value is -0.350. The fourth-order valence-corrected chi connectivity index (χ4v) is 2.14. The first-order chi connectivity index (χ1) is 6.67. The smallest absolute Gasteiger partial charge is 0.133 e. The van der Waals surface area contributed by atoms with Crippen molar-refractivity contribution in [1.29, 1.82) is 0 Å². The van der Waals surface area contributed by atoms with Gasteiger partial charge in [-0.15, -0.1) is 11.8 Å².